The second-order valence-electron chi connectivity index (χ2n) is 8.32. The number of halogens is 5. The van der Waals surface area contributed by atoms with Gasteiger partial charge in [0, 0.05) is 29.8 Å². The van der Waals surface area contributed by atoms with Crippen molar-refractivity contribution in [1.82, 2.24) is 14.3 Å². The van der Waals surface area contributed by atoms with Gasteiger partial charge in [0.15, 0.2) is 5.82 Å². The van der Waals surface area contributed by atoms with Crippen LogP contribution in [0, 0.1) is 12.7 Å². The standard InChI is InChI=1S/C22H21F5N4O2/c1-10-15-14(9-31(19(10)32)22(7-8-22)21(26)27)18(29-30(3)20(15)33)28-11(2)12-5-4-6-13(16(12)23)17(24)25/h4-6,9,11,17,21H,7-8H2,1-3H3,(H,28,29). The van der Waals surface area contributed by atoms with Gasteiger partial charge >= 0.3 is 0 Å². The van der Waals surface area contributed by atoms with Crippen molar-refractivity contribution in [3.05, 3.63) is 67.6 Å². The van der Waals surface area contributed by atoms with Crippen molar-refractivity contribution in [2.45, 2.75) is 51.1 Å². The first kappa shape index (κ1) is 22.9. The van der Waals surface area contributed by atoms with E-state index in [4.69, 9.17) is 0 Å². The fourth-order valence-corrected chi connectivity index (χ4v) is 4.09. The van der Waals surface area contributed by atoms with Crippen LogP contribution in [0.5, 0.6) is 0 Å². The summed E-state index contributed by atoms with van der Waals surface area (Å²) in [5, 5.41) is 7.13. The van der Waals surface area contributed by atoms with Gasteiger partial charge in [0.05, 0.1) is 17.0 Å². The van der Waals surface area contributed by atoms with E-state index in [0.29, 0.717) is 0 Å². The van der Waals surface area contributed by atoms with Crippen LogP contribution in [-0.4, -0.2) is 20.8 Å². The van der Waals surface area contributed by atoms with E-state index in [2.05, 4.69) is 10.4 Å². The minimum absolute atomic E-state index is 0.00433. The van der Waals surface area contributed by atoms with Gasteiger partial charge in [0.1, 0.15) is 11.4 Å². The lowest BCUT2D eigenvalue weighted by molar-refractivity contribution is 0.0653. The second kappa shape index (κ2) is 7.96. The number of fused-ring (bicyclic) bond motifs is 1. The number of aryl methyl sites for hydroxylation is 2. The normalized spacial score (nSPS) is 15.9. The van der Waals surface area contributed by atoms with E-state index < -0.39 is 46.9 Å². The number of anilines is 1. The molecule has 6 nitrogen and oxygen atoms in total. The van der Waals surface area contributed by atoms with Crippen molar-refractivity contribution in [2.75, 3.05) is 5.32 Å². The fourth-order valence-electron chi connectivity index (χ4n) is 4.09. The van der Waals surface area contributed by atoms with Crippen molar-refractivity contribution < 1.29 is 22.0 Å². The summed E-state index contributed by atoms with van der Waals surface area (Å²) in [5.74, 6) is -1.05. The molecule has 1 aromatic carbocycles. The van der Waals surface area contributed by atoms with Gasteiger partial charge in [-0.1, -0.05) is 18.2 Å². The maximum Gasteiger partial charge on any atom is 0.275 e. The lowest BCUT2D eigenvalue weighted by Gasteiger charge is -2.22. The second-order valence-corrected chi connectivity index (χ2v) is 8.32. The van der Waals surface area contributed by atoms with E-state index in [0.717, 1.165) is 15.3 Å². The first-order valence-electron chi connectivity index (χ1n) is 10.2. The average Bonchev–Trinajstić information content (AvgIpc) is 3.55. The molecule has 0 saturated heterocycles. The molecule has 1 aliphatic carbocycles. The van der Waals surface area contributed by atoms with E-state index in [1.165, 1.54) is 39.2 Å². The molecule has 3 aromatic rings. The summed E-state index contributed by atoms with van der Waals surface area (Å²) in [6.45, 7) is 2.89. The zero-order valence-corrected chi connectivity index (χ0v) is 18.0. The summed E-state index contributed by atoms with van der Waals surface area (Å²) in [5.41, 5.74) is -3.76. The molecule has 1 aliphatic rings. The van der Waals surface area contributed by atoms with Crippen LogP contribution in [0.4, 0.5) is 27.8 Å². The summed E-state index contributed by atoms with van der Waals surface area (Å²) in [6.07, 6.45) is -4.39. The largest absolute Gasteiger partial charge is 0.361 e. The Morgan fingerprint density at radius 1 is 1.09 bits per heavy atom. The predicted octanol–water partition coefficient (Wildman–Crippen LogP) is 4.41. The number of benzene rings is 1. The number of aromatic nitrogens is 3. The smallest absolute Gasteiger partial charge is 0.275 e. The van der Waals surface area contributed by atoms with Gasteiger partial charge in [-0.05, 0) is 26.7 Å². The molecule has 33 heavy (non-hydrogen) atoms. The first-order chi connectivity index (χ1) is 15.5. The molecule has 0 amide bonds. The quantitative estimate of drug-likeness (QED) is 0.545. The van der Waals surface area contributed by atoms with Crippen LogP contribution in [0.25, 0.3) is 10.8 Å². The van der Waals surface area contributed by atoms with Gasteiger partial charge in [-0.15, -0.1) is 0 Å². The zero-order chi connectivity index (χ0) is 24.2. The molecular weight excluding hydrogens is 447 g/mol. The molecule has 11 heteroatoms. The molecule has 0 radical (unpaired) electrons. The molecule has 2 heterocycles. The van der Waals surface area contributed by atoms with E-state index in [1.54, 1.807) is 0 Å². The van der Waals surface area contributed by atoms with E-state index >= 15 is 0 Å². The van der Waals surface area contributed by atoms with Crippen molar-refractivity contribution in [1.29, 1.82) is 0 Å². The summed E-state index contributed by atoms with van der Waals surface area (Å²) in [4.78, 5) is 25.6. The average molecular weight is 468 g/mol. The molecule has 1 N–H and O–H groups in total. The summed E-state index contributed by atoms with van der Waals surface area (Å²) < 4.78 is 70.3. The summed E-state index contributed by atoms with van der Waals surface area (Å²) in [6, 6.07) is 2.74. The van der Waals surface area contributed by atoms with Crippen LogP contribution < -0.4 is 16.4 Å². The number of rotatable bonds is 6. The molecule has 2 aromatic heterocycles. The van der Waals surface area contributed by atoms with Crippen molar-refractivity contribution in [3.63, 3.8) is 0 Å². The Balaban J connectivity index is 1.89. The maximum absolute atomic E-state index is 14.6. The molecule has 4 rings (SSSR count). The molecule has 0 spiro atoms. The van der Waals surface area contributed by atoms with Crippen LogP contribution in [0.2, 0.25) is 0 Å². The molecular formula is C22H21F5N4O2. The zero-order valence-electron chi connectivity index (χ0n) is 18.0. The molecule has 0 bridgehead atoms. The van der Waals surface area contributed by atoms with Gasteiger partial charge in [-0.25, -0.2) is 26.6 Å². The number of nitrogens with one attached hydrogen (secondary N) is 1. The van der Waals surface area contributed by atoms with Crippen LogP contribution in [0.3, 0.4) is 0 Å². The number of alkyl halides is 4. The molecule has 1 unspecified atom stereocenters. The molecule has 1 saturated carbocycles. The van der Waals surface area contributed by atoms with Gasteiger partial charge in [0.2, 0.25) is 0 Å². The topological polar surface area (TPSA) is 68.9 Å². The fraction of sp³-hybridized carbons (Fsp3) is 0.409. The van der Waals surface area contributed by atoms with Gasteiger partial charge in [-0.3, -0.25) is 9.59 Å². The van der Waals surface area contributed by atoms with Gasteiger partial charge in [0.25, 0.3) is 24.0 Å². The monoisotopic (exact) mass is 468 g/mol. The maximum atomic E-state index is 14.6. The van der Waals surface area contributed by atoms with Crippen LogP contribution in [0.1, 0.15) is 48.9 Å². The highest BCUT2D eigenvalue weighted by Gasteiger charge is 2.53. The third kappa shape index (κ3) is 3.59. The summed E-state index contributed by atoms with van der Waals surface area (Å²) >= 11 is 0. The van der Waals surface area contributed by atoms with E-state index in [9.17, 15) is 31.5 Å². The number of pyridine rings is 1. The highest BCUT2D eigenvalue weighted by atomic mass is 19.3. The molecule has 176 valence electrons. The Morgan fingerprint density at radius 3 is 2.30 bits per heavy atom. The highest BCUT2D eigenvalue weighted by molar-refractivity contribution is 5.92. The van der Waals surface area contributed by atoms with Crippen molar-refractivity contribution >= 4 is 16.6 Å². The highest BCUT2D eigenvalue weighted by Crippen LogP contribution is 2.48. The van der Waals surface area contributed by atoms with Crippen LogP contribution >= 0.6 is 0 Å². The Hall–Kier alpha value is -3.24. The Bertz CT molecular complexity index is 1360. The number of hydrogen-bond donors (Lipinski definition) is 1. The summed E-state index contributed by atoms with van der Waals surface area (Å²) in [7, 11) is 1.35. The molecule has 0 aliphatic heterocycles. The molecule has 1 fully saturated rings. The van der Waals surface area contributed by atoms with Crippen LogP contribution in [-0.2, 0) is 12.6 Å². The number of nitrogens with zero attached hydrogens (tertiary/aromatic N) is 3. The third-order valence-corrected chi connectivity index (χ3v) is 6.22. The first-order valence-corrected chi connectivity index (χ1v) is 10.2. The molecule has 1 atom stereocenters. The van der Waals surface area contributed by atoms with Gasteiger partial charge < -0.3 is 9.88 Å². The Labute approximate surface area is 184 Å². The van der Waals surface area contributed by atoms with Crippen molar-refractivity contribution in [3.8, 4) is 0 Å². The lowest BCUT2D eigenvalue weighted by atomic mass is 10.0. The predicted molar refractivity (Wildman–Crippen MR) is 113 cm³/mol. The number of hydrogen-bond acceptors (Lipinski definition) is 4. The lowest BCUT2D eigenvalue weighted by Crippen LogP contribution is -2.37. The SMILES string of the molecule is Cc1c(=O)n(C2(C(F)F)CC2)cc2c(NC(C)c3cccc(C(F)F)c3F)nn(C)c(=O)c12. The Morgan fingerprint density at radius 2 is 1.73 bits per heavy atom. The van der Waals surface area contributed by atoms with Crippen molar-refractivity contribution in [2.24, 2.45) is 7.05 Å². The Kier molecular flexibility index (Phi) is 5.53. The van der Waals surface area contributed by atoms with Gasteiger partial charge in [-0.2, -0.15) is 5.10 Å². The minimum atomic E-state index is -3.00. The van der Waals surface area contributed by atoms with Crippen LogP contribution in [0.15, 0.2) is 34.0 Å². The van der Waals surface area contributed by atoms with E-state index in [-0.39, 0.29) is 40.6 Å². The minimum Gasteiger partial charge on any atom is -0.361 e. The van der Waals surface area contributed by atoms with E-state index in [1.807, 2.05) is 0 Å². The third-order valence-electron chi connectivity index (χ3n) is 6.22.